The summed E-state index contributed by atoms with van der Waals surface area (Å²) < 4.78 is 0. The number of benzene rings is 3. The maximum absolute atomic E-state index is 11.4. The average Bonchev–Trinajstić information content (AvgIpc) is 2.65. The summed E-state index contributed by atoms with van der Waals surface area (Å²) >= 11 is 0. The molecule has 0 unspecified atom stereocenters. The van der Waals surface area contributed by atoms with Crippen molar-refractivity contribution in [1.29, 1.82) is 0 Å². The Morgan fingerprint density at radius 1 is 0.643 bits per heavy atom. The van der Waals surface area contributed by atoms with Gasteiger partial charge in [0.05, 0.1) is 15.9 Å². The number of rotatable bonds is 6. The van der Waals surface area contributed by atoms with Gasteiger partial charge < -0.3 is 20.8 Å². The Kier molecular flexibility index (Phi) is 4.94. The third-order valence-corrected chi connectivity index (χ3v) is 3.80. The molecule has 142 valence electrons. The van der Waals surface area contributed by atoms with Crippen molar-refractivity contribution in [3.8, 4) is 11.5 Å². The second-order valence-electron chi connectivity index (χ2n) is 5.74. The zero-order valence-corrected chi connectivity index (χ0v) is 14.2. The van der Waals surface area contributed by atoms with Gasteiger partial charge in [-0.15, -0.1) is 0 Å². The fourth-order valence-corrected chi connectivity index (χ4v) is 2.48. The Balaban J connectivity index is 2.06. The second-order valence-corrected chi connectivity index (χ2v) is 5.74. The molecule has 0 spiro atoms. The van der Waals surface area contributed by atoms with Gasteiger partial charge in [-0.05, 0) is 54.6 Å². The van der Waals surface area contributed by atoms with E-state index in [1.807, 2.05) is 0 Å². The molecule has 3 aromatic rings. The van der Waals surface area contributed by atoms with Crippen molar-refractivity contribution in [2.24, 2.45) is 0 Å². The van der Waals surface area contributed by atoms with Crippen LogP contribution in [0.1, 0.15) is 0 Å². The van der Waals surface area contributed by atoms with Crippen molar-refractivity contribution in [2.75, 3.05) is 10.6 Å². The van der Waals surface area contributed by atoms with E-state index in [2.05, 4.69) is 10.6 Å². The predicted octanol–water partition coefficient (Wildman–Crippen LogP) is 4.40. The van der Waals surface area contributed by atoms with Crippen molar-refractivity contribution in [3.05, 3.63) is 80.9 Å². The van der Waals surface area contributed by atoms with Gasteiger partial charge in [0.25, 0.3) is 11.4 Å². The molecule has 0 aliphatic heterocycles. The normalized spacial score (nSPS) is 10.3. The van der Waals surface area contributed by atoms with E-state index in [0.717, 1.165) is 6.07 Å². The second kappa shape index (κ2) is 7.50. The summed E-state index contributed by atoms with van der Waals surface area (Å²) in [6, 6.07) is 13.7. The van der Waals surface area contributed by atoms with Gasteiger partial charge in [0.2, 0.25) is 0 Å². The number of aromatic hydroxyl groups is 2. The molecule has 0 aliphatic rings. The average molecular weight is 382 g/mol. The lowest BCUT2D eigenvalue weighted by Crippen LogP contribution is -2.02. The van der Waals surface area contributed by atoms with Crippen LogP contribution in [0.3, 0.4) is 0 Å². The summed E-state index contributed by atoms with van der Waals surface area (Å²) in [5.74, 6) is 0.0527. The van der Waals surface area contributed by atoms with Crippen LogP contribution in [0.15, 0.2) is 60.7 Å². The molecular formula is C18H14N4O6. The molecule has 0 radical (unpaired) electrons. The van der Waals surface area contributed by atoms with Crippen LogP contribution in [-0.4, -0.2) is 20.1 Å². The summed E-state index contributed by atoms with van der Waals surface area (Å²) in [7, 11) is 0. The van der Waals surface area contributed by atoms with E-state index in [4.69, 9.17) is 0 Å². The predicted molar refractivity (Wildman–Crippen MR) is 103 cm³/mol. The van der Waals surface area contributed by atoms with E-state index in [1.165, 1.54) is 54.6 Å². The Morgan fingerprint density at radius 3 is 1.32 bits per heavy atom. The number of hydrogen-bond donors (Lipinski definition) is 4. The zero-order valence-electron chi connectivity index (χ0n) is 14.2. The minimum absolute atomic E-state index is 0.0263. The number of phenols is 2. The van der Waals surface area contributed by atoms with E-state index in [0.29, 0.717) is 11.4 Å². The highest BCUT2D eigenvalue weighted by Gasteiger charge is 2.25. The van der Waals surface area contributed by atoms with Crippen LogP contribution in [0.5, 0.6) is 11.5 Å². The van der Waals surface area contributed by atoms with Crippen molar-refractivity contribution in [2.45, 2.75) is 0 Å². The van der Waals surface area contributed by atoms with Crippen LogP contribution >= 0.6 is 0 Å². The lowest BCUT2D eigenvalue weighted by atomic mass is 10.1. The molecule has 10 nitrogen and oxygen atoms in total. The molecule has 0 atom stereocenters. The van der Waals surface area contributed by atoms with Gasteiger partial charge in [0.1, 0.15) is 22.9 Å². The Bertz CT molecular complexity index is 954. The number of nitrogens with one attached hydrogen (secondary N) is 2. The maximum Gasteiger partial charge on any atom is 0.299 e. The highest BCUT2D eigenvalue weighted by Crippen LogP contribution is 2.39. The maximum atomic E-state index is 11.4. The molecule has 0 bridgehead atoms. The third kappa shape index (κ3) is 4.07. The zero-order chi connectivity index (χ0) is 20.3. The fraction of sp³-hybridized carbons (Fsp3) is 0. The SMILES string of the molecule is O=[N+]([O-])c1cc([N+](=O)[O-])c(Nc2ccc(O)cc2)cc1Nc1ccc(O)cc1. The van der Waals surface area contributed by atoms with Crippen molar-refractivity contribution >= 4 is 34.1 Å². The summed E-state index contributed by atoms with van der Waals surface area (Å²) in [5.41, 5.74) is 0.00729. The highest BCUT2D eigenvalue weighted by atomic mass is 16.6. The Labute approximate surface area is 158 Å². The third-order valence-electron chi connectivity index (χ3n) is 3.80. The molecule has 0 aromatic heterocycles. The smallest absolute Gasteiger partial charge is 0.299 e. The first-order valence-corrected chi connectivity index (χ1v) is 7.92. The van der Waals surface area contributed by atoms with Gasteiger partial charge >= 0.3 is 0 Å². The van der Waals surface area contributed by atoms with Crippen LogP contribution in [0.25, 0.3) is 0 Å². The van der Waals surface area contributed by atoms with Crippen LogP contribution in [-0.2, 0) is 0 Å². The topological polar surface area (TPSA) is 151 Å². The monoisotopic (exact) mass is 382 g/mol. The molecule has 0 aliphatic carbocycles. The molecule has 3 aromatic carbocycles. The van der Waals surface area contributed by atoms with Gasteiger partial charge in [-0.3, -0.25) is 20.2 Å². The van der Waals surface area contributed by atoms with Crippen LogP contribution in [0.4, 0.5) is 34.1 Å². The van der Waals surface area contributed by atoms with E-state index in [-0.39, 0.29) is 22.9 Å². The summed E-state index contributed by atoms with van der Waals surface area (Å²) in [4.78, 5) is 21.4. The Hall–Kier alpha value is -4.34. The number of phenolic OH excluding ortho intramolecular Hbond substituents is 2. The van der Waals surface area contributed by atoms with Gasteiger partial charge in [0, 0.05) is 11.4 Å². The minimum Gasteiger partial charge on any atom is -0.508 e. The summed E-state index contributed by atoms with van der Waals surface area (Å²) in [5, 5.41) is 47.2. The number of anilines is 4. The molecule has 0 saturated heterocycles. The first-order chi connectivity index (χ1) is 13.3. The van der Waals surface area contributed by atoms with Crippen molar-refractivity contribution < 1.29 is 20.1 Å². The fourth-order valence-electron chi connectivity index (χ4n) is 2.48. The van der Waals surface area contributed by atoms with Crippen LogP contribution in [0.2, 0.25) is 0 Å². The van der Waals surface area contributed by atoms with Crippen molar-refractivity contribution in [1.82, 2.24) is 0 Å². The molecule has 0 amide bonds. The highest BCUT2D eigenvalue weighted by molar-refractivity contribution is 5.82. The van der Waals surface area contributed by atoms with Gasteiger partial charge in [-0.25, -0.2) is 0 Å². The number of nitro groups is 2. The van der Waals surface area contributed by atoms with Crippen molar-refractivity contribution in [3.63, 3.8) is 0 Å². The molecule has 0 heterocycles. The quantitative estimate of drug-likeness (QED) is 0.278. The molecule has 28 heavy (non-hydrogen) atoms. The Morgan fingerprint density at radius 2 is 1.00 bits per heavy atom. The first kappa shape index (κ1) is 18.5. The van der Waals surface area contributed by atoms with Gasteiger partial charge in [-0.1, -0.05) is 0 Å². The number of nitrogens with zero attached hydrogens (tertiary/aromatic N) is 2. The molecule has 10 heteroatoms. The summed E-state index contributed by atoms with van der Waals surface area (Å²) in [6.07, 6.45) is 0. The molecule has 3 rings (SSSR count). The lowest BCUT2D eigenvalue weighted by molar-refractivity contribution is -0.393. The molecule has 4 N–H and O–H groups in total. The number of hydrogen-bond acceptors (Lipinski definition) is 8. The van der Waals surface area contributed by atoms with Crippen LogP contribution < -0.4 is 10.6 Å². The van der Waals surface area contributed by atoms with E-state index >= 15 is 0 Å². The van der Waals surface area contributed by atoms with E-state index in [1.54, 1.807) is 0 Å². The molecular weight excluding hydrogens is 368 g/mol. The van der Waals surface area contributed by atoms with Crippen LogP contribution in [0, 0.1) is 20.2 Å². The largest absolute Gasteiger partial charge is 0.508 e. The van der Waals surface area contributed by atoms with Gasteiger partial charge in [-0.2, -0.15) is 0 Å². The lowest BCUT2D eigenvalue weighted by Gasteiger charge is -2.12. The molecule has 0 fully saturated rings. The standard InChI is InChI=1S/C18H14N4O6/c23-13-5-1-11(2-6-13)19-15-9-16(20-12-3-7-14(24)8-4-12)18(22(27)28)10-17(15)21(25)26/h1-10,19-20,23-24H. The van der Waals surface area contributed by atoms with Gasteiger partial charge in [0.15, 0.2) is 0 Å². The molecule has 0 saturated carbocycles. The first-order valence-electron chi connectivity index (χ1n) is 7.92. The number of nitro benzene ring substituents is 2. The minimum atomic E-state index is -0.722. The van der Waals surface area contributed by atoms with E-state index in [9.17, 15) is 30.4 Å². The van der Waals surface area contributed by atoms with E-state index < -0.39 is 21.2 Å². The summed E-state index contributed by atoms with van der Waals surface area (Å²) in [6.45, 7) is 0.